The number of ether oxygens (including phenoxy) is 1. The van der Waals surface area contributed by atoms with E-state index in [9.17, 15) is 28.3 Å². The lowest BCUT2D eigenvalue weighted by Gasteiger charge is -2.37. The van der Waals surface area contributed by atoms with Crippen LogP contribution in [0.15, 0.2) is 29.2 Å². The maximum atomic E-state index is 13.8. The van der Waals surface area contributed by atoms with Gasteiger partial charge in [-0.15, -0.1) is 0 Å². The fourth-order valence-corrected chi connectivity index (χ4v) is 4.09. The summed E-state index contributed by atoms with van der Waals surface area (Å²) in [6.07, 6.45) is 2.94. The van der Waals surface area contributed by atoms with Gasteiger partial charge in [-0.1, -0.05) is 13.0 Å². The van der Waals surface area contributed by atoms with Gasteiger partial charge in [0.15, 0.2) is 17.7 Å². The van der Waals surface area contributed by atoms with Gasteiger partial charge in [0.2, 0.25) is 5.43 Å². The van der Waals surface area contributed by atoms with Crippen LogP contribution in [0.1, 0.15) is 52.6 Å². The lowest BCUT2D eigenvalue weighted by atomic mass is 10.1. The zero-order chi connectivity index (χ0) is 23.0. The van der Waals surface area contributed by atoms with Gasteiger partial charge in [-0.05, 0) is 25.3 Å². The number of hydrogen-bond acceptors (Lipinski definition) is 5. The smallest absolute Gasteiger partial charge is 0.276 e. The van der Waals surface area contributed by atoms with E-state index in [0.717, 1.165) is 25.3 Å². The minimum atomic E-state index is -0.998. The number of pyridine rings is 1. The summed E-state index contributed by atoms with van der Waals surface area (Å²) in [6.45, 7) is 2.30. The Morgan fingerprint density at radius 2 is 2.09 bits per heavy atom. The number of carbonyl (C=O) groups excluding carboxylic acids is 2. The molecule has 10 heteroatoms. The van der Waals surface area contributed by atoms with E-state index >= 15 is 0 Å². The number of aromatic hydroxyl groups is 1. The number of aromatic nitrogens is 1. The highest BCUT2D eigenvalue weighted by Gasteiger charge is 2.38. The summed E-state index contributed by atoms with van der Waals surface area (Å²) in [4.78, 5) is 39.7. The number of nitrogens with zero attached hydrogens (tertiary/aromatic N) is 2. The summed E-state index contributed by atoms with van der Waals surface area (Å²) < 4.78 is 34.3. The Bertz CT molecular complexity index is 1130. The van der Waals surface area contributed by atoms with Crippen LogP contribution >= 0.6 is 0 Å². The molecule has 2 aliphatic heterocycles. The summed E-state index contributed by atoms with van der Waals surface area (Å²) in [7, 11) is 0. The molecular formula is C22H23F2N3O5. The number of hydrogen-bond donors (Lipinski definition) is 2. The predicted molar refractivity (Wildman–Crippen MR) is 109 cm³/mol. The molecule has 1 saturated heterocycles. The third-order valence-electron chi connectivity index (χ3n) is 5.85. The molecule has 1 fully saturated rings. The molecule has 0 radical (unpaired) electrons. The highest BCUT2D eigenvalue weighted by atomic mass is 19.1. The van der Waals surface area contributed by atoms with Crippen LogP contribution in [0, 0.1) is 11.6 Å². The van der Waals surface area contributed by atoms with E-state index in [2.05, 4.69) is 5.32 Å². The predicted octanol–water partition coefficient (Wildman–Crippen LogP) is 2.13. The van der Waals surface area contributed by atoms with Crippen LogP contribution in [0.2, 0.25) is 0 Å². The third kappa shape index (κ3) is 3.97. The number of benzene rings is 1. The SMILES string of the molecule is CC[C@@H]1CCCN2C(=O)c3c(O)c(=O)c(C(=O)NCc4ccc(F)cc4F)cn3CC2O1. The van der Waals surface area contributed by atoms with Crippen LogP contribution in [0.25, 0.3) is 0 Å². The Hall–Kier alpha value is -3.27. The van der Waals surface area contributed by atoms with Crippen molar-refractivity contribution in [3.05, 3.63) is 63.1 Å². The van der Waals surface area contributed by atoms with Crippen LogP contribution in [0.4, 0.5) is 8.78 Å². The Morgan fingerprint density at radius 3 is 2.81 bits per heavy atom. The molecular weight excluding hydrogens is 424 g/mol. The van der Waals surface area contributed by atoms with Crippen molar-refractivity contribution in [2.45, 2.75) is 51.6 Å². The highest BCUT2D eigenvalue weighted by Crippen LogP contribution is 2.28. The number of halogens is 2. The van der Waals surface area contributed by atoms with Crippen LogP contribution in [0.3, 0.4) is 0 Å². The first-order chi connectivity index (χ1) is 15.3. The van der Waals surface area contributed by atoms with Gasteiger partial charge >= 0.3 is 0 Å². The molecule has 0 saturated carbocycles. The lowest BCUT2D eigenvalue weighted by molar-refractivity contribution is -0.0862. The van der Waals surface area contributed by atoms with E-state index in [1.54, 1.807) is 0 Å². The number of rotatable bonds is 4. The van der Waals surface area contributed by atoms with Crippen LogP contribution in [-0.4, -0.2) is 45.3 Å². The van der Waals surface area contributed by atoms with Gasteiger partial charge in [0.05, 0.1) is 12.6 Å². The fourth-order valence-electron chi connectivity index (χ4n) is 4.09. The topological polar surface area (TPSA) is 101 Å². The standard InChI is InChI=1S/C22H23F2N3O5/c1-2-14-4-3-7-27-17(32-14)11-26-10-15(19(28)20(29)18(26)22(27)31)21(30)25-9-12-5-6-13(23)8-16(12)24/h5-6,8,10,14,17,29H,2-4,7,9,11H2,1H3,(H,25,30)/t14-,17?/m1/s1. The van der Waals surface area contributed by atoms with E-state index in [1.165, 1.54) is 21.7 Å². The van der Waals surface area contributed by atoms with E-state index in [-0.39, 0.29) is 30.5 Å². The zero-order valence-corrected chi connectivity index (χ0v) is 17.4. The number of amides is 2. The van der Waals surface area contributed by atoms with Gasteiger partial charge in [0, 0.05) is 30.9 Å². The second-order valence-corrected chi connectivity index (χ2v) is 7.90. The molecule has 1 aromatic heterocycles. The van der Waals surface area contributed by atoms with Gasteiger partial charge in [0.25, 0.3) is 11.8 Å². The first-order valence-electron chi connectivity index (χ1n) is 10.4. The van der Waals surface area contributed by atoms with Crippen molar-refractivity contribution in [3.63, 3.8) is 0 Å². The minimum Gasteiger partial charge on any atom is -0.503 e. The van der Waals surface area contributed by atoms with Crippen molar-refractivity contribution >= 4 is 11.8 Å². The van der Waals surface area contributed by atoms with Crippen molar-refractivity contribution in [3.8, 4) is 5.75 Å². The van der Waals surface area contributed by atoms with Gasteiger partial charge in [-0.25, -0.2) is 8.78 Å². The maximum absolute atomic E-state index is 13.8. The summed E-state index contributed by atoms with van der Waals surface area (Å²) in [5.74, 6) is -3.79. The molecule has 32 heavy (non-hydrogen) atoms. The quantitative estimate of drug-likeness (QED) is 0.748. The van der Waals surface area contributed by atoms with E-state index in [0.29, 0.717) is 12.6 Å². The van der Waals surface area contributed by atoms with E-state index < -0.39 is 46.4 Å². The Morgan fingerprint density at radius 1 is 1.31 bits per heavy atom. The molecule has 4 rings (SSSR count). The van der Waals surface area contributed by atoms with Crippen molar-refractivity contribution in [1.29, 1.82) is 0 Å². The first-order valence-corrected chi connectivity index (χ1v) is 10.4. The molecule has 0 bridgehead atoms. The molecule has 170 valence electrons. The molecule has 2 amide bonds. The summed E-state index contributed by atoms with van der Waals surface area (Å²) >= 11 is 0. The van der Waals surface area contributed by atoms with Crippen molar-refractivity contribution in [2.24, 2.45) is 0 Å². The van der Waals surface area contributed by atoms with Crippen molar-refractivity contribution in [2.75, 3.05) is 6.54 Å². The molecule has 3 heterocycles. The average Bonchev–Trinajstić information content (AvgIpc) is 2.97. The molecule has 1 unspecified atom stereocenters. The molecule has 8 nitrogen and oxygen atoms in total. The van der Waals surface area contributed by atoms with Gasteiger partial charge in [-0.3, -0.25) is 14.4 Å². The van der Waals surface area contributed by atoms with Gasteiger partial charge < -0.3 is 24.6 Å². The lowest BCUT2D eigenvalue weighted by Crippen LogP contribution is -2.50. The second kappa shape index (κ2) is 8.70. The molecule has 2 aliphatic rings. The Balaban J connectivity index is 1.61. The monoisotopic (exact) mass is 447 g/mol. The number of carbonyl (C=O) groups is 2. The molecule has 2 aromatic rings. The Kier molecular flexibility index (Phi) is 5.96. The largest absolute Gasteiger partial charge is 0.503 e. The van der Waals surface area contributed by atoms with Crippen molar-refractivity contribution in [1.82, 2.24) is 14.8 Å². The average molecular weight is 447 g/mol. The van der Waals surface area contributed by atoms with Gasteiger partial charge in [0.1, 0.15) is 17.2 Å². The summed E-state index contributed by atoms with van der Waals surface area (Å²) in [6, 6.07) is 2.93. The zero-order valence-electron chi connectivity index (χ0n) is 17.4. The van der Waals surface area contributed by atoms with E-state index in [1.807, 2.05) is 6.92 Å². The highest BCUT2D eigenvalue weighted by molar-refractivity contribution is 5.99. The second-order valence-electron chi connectivity index (χ2n) is 7.90. The minimum absolute atomic E-state index is 0.0132. The van der Waals surface area contributed by atoms with Crippen LogP contribution in [-0.2, 0) is 17.8 Å². The molecule has 0 aliphatic carbocycles. The fraction of sp³-hybridized carbons (Fsp3) is 0.409. The Labute approximate surface area is 182 Å². The number of fused-ring (bicyclic) bond motifs is 2. The molecule has 0 spiro atoms. The third-order valence-corrected chi connectivity index (χ3v) is 5.85. The van der Waals surface area contributed by atoms with Crippen molar-refractivity contribution < 1.29 is 28.2 Å². The summed E-state index contributed by atoms with van der Waals surface area (Å²) in [5.41, 5.74) is -1.55. The maximum Gasteiger partial charge on any atom is 0.276 e. The number of nitrogens with one attached hydrogen (secondary N) is 1. The first kappa shape index (κ1) is 21.9. The van der Waals surface area contributed by atoms with Crippen LogP contribution in [0.5, 0.6) is 5.75 Å². The normalized spacial score (nSPS) is 20.3. The summed E-state index contributed by atoms with van der Waals surface area (Å²) in [5, 5.41) is 12.9. The van der Waals surface area contributed by atoms with Gasteiger partial charge in [-0.2, -0.15) is 0 Å². The molecule has 1 aromatic carbocycles. The molecule has 2 atom stereocenters. The molecule has 2 N–H and O–H groups in total. The van der Waals surface area contributed by atoms with E-state index in [4.69, 9.17) is 4.74 Å². The van der Waals surface area contributed by atoms with Crippen LogP contribution < -0.4 is 10.7 Å².